The summed E-state index contributed by atoms with van der Waals surface area (Å²) in [6, 6.07) is -0.546. The molecule has 0 rings (SSSR count). The highest BCUT2D eigenvalue weighted by atomic mass is 16.5. The van der Waals surface area contributed by atoms with Crippen molar-refractivity contribution in [2.45, 2.75) is 398 Å². The van der Waals surface area contributed by atoms with Gasteiger partial charge in [0.1, 0.15) is 0 Å². The van der Waals surface area contributed by atoms with E-state index in [4.69, 9.17) is 4.74 Å². The first-order valence-electron chi connectivity index (χ1n) is 34.6. The van der Waals surface area contributed by atoms with Crippen LogP contribution >= 0.6 is 0 Å². The smallest absolute Gasteiger partial charge is 0.305 e. The zero-order valence-electron chi connectivity index (χ0n) is 51.5. The number of rotatable bonds is 65. The first kappa shape index (κ1) is 74.3. The Morgan fingerprint density at radius 1 is 0.355 bits per heavy atom. The van der Waals surface area contributed by atoms with Crippen LogP contribution in [0.4, 0.5) is 0 Å². The molecule has 1 amide bonds. The standard InChI is InChI=1S/C70H135NO5/c1-3-5-7-9-11-13-15-17-18-19-20-21-24-27-30-33-36-39-42-46-50-54-58-62-68(73)67(66-72)71-69(74)63-59-55-51-47-43-40-37-34-31-28-25-22-23-26-29-32-35-38-41-45-49-53-57-61-65-76-70(75)64-60-56-52-48-44-16-14-12-10-8-6-4-2/h12,14,25,28,67-68,72-73H,3-11,13,15-24,26-27,29-66H2,1-2H3,(H,71,74)/b14-12-,28-25-. The lowest BCUT2D eigenvalue weighted by Gasteiger charge is -2.22. The van der Waals surface area contributed by atoms with Gasteiger partial charge in [-0.05, 0) is 77.0 Å². The van der Waals surface area contributed by atoms with Crippen LogP contribution in [-0.2, 0) is 14.3 Å². The van der Waals surface area contributed by atoms with Crippen molar-refractivity contribution in [1.82, 2.24) is 5.32 Å². The molecule has 6 nitrogen and oxygen atoms in total. The summed E-state index contributed by atoms with van der Waals surface area (Å²) in [6.07, 6.45) is 82.2. The number of esters is 1. The number of hydrogen-bond donors (Lipinski definition) is 3. The summed E-state index contributed by atoms with van der Waals surface area (Å²) in [4.78, 5) is 24.6. The number of aliphatic hydroxyl groups excluding tert-OH is 2. The molecule has 76 heavy (non-hydrogen) atoms. The lowest BCUT2D eigenvalue weighted by molar-refractivity contribution is -0.143. The molecule has 0 spiro atoms. The van der Waals surface area contributed by atoms with Gasteiger partial charge in [-0.25, -0.2) is 0 Å². The van der Waals surface area contributed by atoms with Crippen LogP contribution in [-0.4, -0.2) is 47.4 Å². The van der Waals surface area contributed by atoms with E-state index < -0.39 is 12.1 Å². The molecule has 0 aliphatic carbocycles. The monoisotopic (exact) mass is 1070 g/mol. The molecule has 3 N–H and O–H groups in total. The van der Waals surface area contributed by atoms with E-state index in [9.17, 15) is 19.8 Å². The van der Waals surface area contributed by atoms with Gasteiger partial charge in [0, 0.05) is 12.8 Å². The fourth-order valence-electron chi connectivity index (χ4n) is 10.9. The molecule has 0 aliphatic rings. The van der Waals surface area contributed by atoms with Gasteiger partial charge in [-0.2, -0.15) is 0 Å². The second kappa shape index (κ2) is 65.9. The maximum absolute atomic E-state index is 12.5. The van der Waals surface area contributed by atoms with Gasteiger partial charge in [0.05, 0.1) is 25.4 Å². The van der Waals surface area contributed by atoms with Crippen LogP contribution in [0.15, 0.2) is 24.3 Å². The van der Waals surface area contributed by atoms with E-state index in [1.54, 1.807) is 0 Å². The highest BCUT2D eigenvalue weighted by Crippen LogP contribution is 2.19. The van der Waals surface area contributed by atoms with Crippen LogP contribution in [0.25, 0.3) is 0 Å². The normalized spacial score (nSPS) is 12.6. The number of carbonyl (C=O) groups is 2. The molecule has 0 heterocycles. The molecule has 0 bridgehead atoms. The predicted molar refractivity (Wildman–Crippen MR) is 333 cm³/mol. The van der Waals surface area contributed by atoms with E-state index in [0.717, 1.165) is 44.9 Å². The van der Waals surface area contributed by atoms with Gasteiger partial charge in [0.25, 0.3) is 0 Å². The van der Waals surface area contributed by atoms with Crippen molar-refractivity contribution < 1.29 is 24.5 Å². The highest BCUT2D eigenvalue weighted by Gasteiger charge is 2.20. The van der Waals surface area contributed by atoms with Gasteiger partial charge >= 0.3 is 5.97 Å². The lowest BCUT2D eigenvalue weighted by atomic mass is 10.0. The molecule has 6 heteroatoms. The minimum absolute atomic E-state index is 0.00315. The van der Waals surface area contributed by atoms with Crippen molar-refractivity contribution in [2.24, 2.45) is 0 Å². The van der Waals surface area contributed by atoms with E-state index in [0.29, 0.717) is 25.9 Å². The molecular weight excluding hydrogens is 935 g/mol. The topological polar surface area (TPSA) is 95.9 Å². The SMILES string of the molecule is CCCCC/C=C\CCCCCCCC(=O)OCCCCCCCCCCCCCC/C=C\CCCCCCCCCCC(=O)NC(CO)C(O)CCCCCCCCCCCCCCCCCCCCCCCCC. The first-order valence-corrected chi connectivity index (χ1v) is 34.6. The molecule has 2 atom stereocenters. The predicted octanol–water partition coefficient (Wildman–Crippen LogP) is 22.1. The van der Waals surface area contributed by atoms with Gasteiger partial charge in [-0.15, -0.1) is 0 Å². The van der Waals surface area contributed by atoms with Crippen LogP contribution in [0.1, 0.15) is 386 Å². The van der Waals surface area contributed by atoms with E-state index >= 15 is 0 Å². The molecule has 0 aromatic carbocycles. The van der Waals surface area contributed by atoms with Crippen LogP contribution in [0, 0.1) is 0 Å². The third-order valence-corrected chi connectivity index (χ3v) is 16.2. The number of unbranched alkanes of at least 4 members (excludes halogenated alkanes) is 50. The van der Waals surface area contributed by atoms with Crippen LogP contribution in [0.3, 0.4) is 0 Å². The molecule has 0 aromatic heterocycles. The van der Waals surface area contributed by atoms with Crippen LogP contribution in [0.5, 0.6) is 0 Å². The summed E-state index contributed by atoms with van der Waals surface area (Å²) in [5.74, 6) is -0.0320. The van der Waals surface area contributed by atoms with Gasteiger partial charge in [-0.3, -0.25) is 9.59 Å². The lowest BCUT2D eigenvalue weighted by Crippen LogP contribution is -2.45. The van der Waals surface area contributed by atoms with Crippen molar-refractivity contribution in [2.75, 3.05) is 13.2 Å². The number of hydrogen-bond acceptors (Lipinski definition) is 5. The van der Waals surface area contributed by atoms with Gasteiger partial charge < -0.3 is 20.3 Å². The molecule has 0 radical (unpaired) electrons. The second-order valence-corrected chi connectivity index (χ2v) is 23.9. The maximum atomic E-state index is 12.5. The molecule has 0 saturated carbocycles. The van der Waals surface area contributed by atoms with E-state index in [2.05, 4.69) is 43.5 Å². The minimum atomic E-state index is -0.668. The number of aliphatic hydroxyl groups is 2. The number of amides is 1. The Kier molecular flexibility index (Phi) is 64.4. The zero-order chi connectivity index (χ0) is 55.0. The average Bonchev–Trinajstić information content (AvgIpc) is 3.42. The Morgan fingerprint density at radius 3 is 0.961 bits per heavy atom. The first-order chi connectivity index (χ1) is 37.5. The fourth-order valence-corrected chi connectivity index (χ4v) is 10.9. The van der Waals surface area contributed by atoms with Crippen molar-refractivity contribution in [1.29, 1.82) is 0 Å². The fraction of sp³-hybridized carbons (Fsp3) is 0.914. The molecule has 450 valence electrons. The Balaban J connectivity index is 3.41. The third-order valence-electron chi connectivity index (χ3n) is 16.2. The number of nitrogens with one attached hydrogen (secondary N) is 1. The molecule has 0 aliphatic heterocycles. The Morgan fingerprint density at radius 2 is 0.618 bits per heavy atom. The van der Waals surface area contributed by atoms with Crippen molar-refractivity contribution >= 4 is 11.9 Å². The molecule has 2 unspecified atom stereocenters. The maximum Gasteiger partial charge on any atom is 0.305 e. The van der Waals surface area contributed by atoms with Gasteiger partial charge in [-0.1, -0.05) is 321 Å². The summed E-state index contributed by atoms with van der Waals surface area (Å²) in [5, 5.41) is 23.4. The number of allylic oxidation sites excluding steroid dienone is 4. The van der Waals surface area contributed by atoms with E-state index in [1.807, 2.05) is 0 Å². The second-order valence-electron chi connectivity index (χ2n) is 23.9. The molecular formula is C70H135NO5. The average molecular weight is 1070 g/mol. The minimum Gasteiger partial charge on any atom is -0.466 e. The Hall–Kier alpha value is -1.66. The van der Waals surface area contributed by atoms with E-state index in [1.165, 1.54) is 308 Å². The van der Waals surface area contributed by atoms with Crippen molar-refractivity contribution in [3.8, 4) is 0 Å². The third kappa shape index (κ3) is 61.6. The Bertz CT molecular complexity index is 1190. The van der Waals surface area contributed by atoms with Crippen LogP contribution in [0.2, 0.25) is 0 Å². The molecule has 0 saturated heterocycles. The van der Waals surface area contributed by atoms with Gasteiger partial charge in [0.2, 0.25) is 5.91 Å². The summed E-state index contributed by atoms with van der Waals surface area (Å²) < 4.78 is 5.47. The summed E-state index contributed by atoms with van der Waals surface area (Å²) in [7, 11) is 0. The molecule has 0 fully saturated rings. The number of ether oxygens (including phenoxy) is 1. The summed E-state index contributed by atoms with van der Waals surface area (Å²) in [6.45, 7) is 4.96. The van der Waals surface area contributed by atoms with Crippen LogP contribution < -0.4 is 5.32 Å². The summed E-state index contributed by atoms with van der Waals surface area (Å²) in [5.41, 5.74) is 0. The van der Waals surface area contributed by atoms with Crippen molar-refractivity contribution in [3.63, 3.8) is 0 Å². The largest absolute Gasteiger partial charge is 0.466 e. The quantitative estimate of drug-likeness (QED) is 0.0320. The Labute approximate surface area is 475 Å². The van der Waals surface area contributed by atoms with Crippen molar-refractivity contribution in [3.05, 3.63) is 24.3 Å². The zero-order valence-corrected chi connectivity index (χ0v) is 51.5. The van der Waals surface area contributed by atoms with Gasteiger partial charge in [0.15, 0.2) is 0 Å². The van der Waals surface area contributed by atoms with E-state index in [-0.39, 0.29) is 18.5 Å². The number of carbonyl (C=O) groups excluding carboxylic acids is 2. The highest BCUT2D eigenvalue weighted by molar-refractivity contribution is 5.76. The molecule has 0 aromatic rings. The summed E-state index contributed by atoms with van der Waals surface area (Å²) >= 11 is 0.